The largest absolute Gasteiger partial charge is 0.460 e. The maximum absolute atomic E-state index is 11.2. The molecule has 0 aliphatic carbocycles. The Bertz CT molecular complexity index is 293. The van der Waals surface area contributed by atoms with Crippen LogP contribution in [0.3, 0.4) is 0 Å². The highest BCUT2D eigenvalue weighted by atomic mass is 16.6. The van der Waals surface area contributed by atoms with E-state index in [1.165, 1.54) is 6.92 Å². The van der Waals surface area contributed by atoms with E-state index >= 15 is 0 Å². The summed E-state index contributed by atoms with van der Waals surface area (Å²) in [5, 5.41) is 10.3. The molecule has 1 heterocycles. The third-order valence-electron chi connectivity index (χ3n) is 4.17. The lowest BCUT2D eigenvalue weighted by atomic mass is 10.0. The summed E-state index contributed by atoms with van der Waals surface area (Å²) in [7, 11) is 0. The first-order chi connectivity index (χ1) is 10.1. The molecule has 0 aromatic heterocycles. The second kappa shape index (κ2) is 10.2. The van der Waals surface area contributed by atoms with E-state index in [1.54, 1.807) is 0 Å². The van der Waals surface area contributed by atoms with Crippen molar-refractivity contribution < 1.29 is 19.4 Å². The average molecular weight is 300 g/mol. The van der Waals surface area contributed by atoms with Gasteiger partial charge >= 0.3 is 5.97 Å². The third-order valence-corrected chi connectivity index (χ3v) is 4.17. The van der Waals surface area contributed by atoms with Crippen molar-refractivity contribution in [1.29, 1.82) is 0 Å². The van der Waals surface area contributed by atoms with Gasteiger partial charge in [-0.2, -0.15) is 0 Å². The van der Waals surface area contributed by atoms with Crippen molar-refractivity contribution in [1.82, 2.24) is 0 Å². The molecule has 1 saturated heterocycles. The number of carbonyl (C=O) groups is 1. The highest BCUT2D eigenvalue weighted by Crippen LogP contribution is 2.30. The fourth-order valence-corrected chi connectivity index (χ4v) is 2.97. The summed E-state index contributed by atoms with van der Waals surface area (Å²) in [6.45, 7) is 5.76. The Labute approximate surface area is 129 Å². The monoisotopic (exact) mass is 300 g/mol. The first-order valence-electron chi connectivity index (χ1n) is 8.59. The lowest BCUT2D eigenvalue weighted by molar-refractivity contribution is -0.149. The molecule has 0 unspecified atom stereocenters. The molecule has 0 bridgehead atoms. The molecule has 1 rings (SSSR count). The zero-order valence-corrected chi connectivity index (χ0v) is 13.8. The van der Waals surface area contributed by atoms with Crippen LogP contribution < -0.4 is 0 Å². The number of hydrogen-bond donors (Lipinski definition) is 1. The van der Waals surface area contributed by atoms with Gasteiger partial charge in [-0.05, 0) is 12.8 Å². The Kier molecular flexibility index (Phi) is 8.93. The Morgan fingerprint density at radius 3 is 2.52 bits per heavy atom. The highest BCUT2D eigenvalue weighted by molar-refractivity contribution is 5.66. The van der Waals surface area contributed by atoms with Crippen LogP contribution in [0.15, 0.2) is 0 Å². The first kappa shape index (κ1) is 18.4. The first-order valence-corrected chi connectivity index (χ1v) is 8.59. The van der Waals surface area contributed by atoms with Crippen LogP contribution in [0.25, 0.3) is 0 Å². The minimum Gasteiger partial charge on any atom is -0.460 e. The van der Waals surface area contributed by atoms with Crippen LogP contribution in [0.2, 0.25) is 0 Å². The van der Waals surface area contributed by atoms with Crippen molar-refractivity contribution in [2.24, 2.45) is 0 Å². The van der Waals surface area contributed by atoms with Crippen LogP contribution in [0, 0.1) is 0 Å². The summed E-state index contributed by atoms with van der Waals surface area (Å²) in [6, 6.07) is 0. The Balaban J connectivity index is 2.46. The van der Waals surface area contributed by atoms with E-state index in [4.69, 9.17) is 9.47 Å². The number of rotatable bonds is 10. The van der Waals surface area contributed by atoms with E-state index in [0.29, 0.717) is 6.42 Å². The molecule has 1 aliphatic rings. The molecule has 1 fully saturated rings. The van der Waals surface area contributed by atoms with Gasteiger partial charge in [0.1, 0.15) is 6.10 Å². The van der Waals surface area contributed by atoms with E-state index in [1.807, 2.05) is 0 Å². The summed E-state index contributed by atoms with van der Waals surface area (Å²) >= 11 is 0. The molecule has 0 spiro atoms. The minimum atomic E-state index is -0.439. The van der Waals surface area contributed by atoms with E-state index < -0.39 is 6.10 Å². The van der Waals surface area contributed by atoms with Crippen LogP contribution >= 0.6 is 0 Å². The quantitative estimate of drug-likeness (QED) is 0.495. The average Bonchev–Trinajstić information content (AvgIpc) is 2.82. The van der Waals surface area contributed by atoms with Gasteiger partial charge in [0, 0.05) is 13.3 Å². The van der Waals surface area contributed by atoms with Gasteiger partial charge in [0.15, 0.2) is 0 Å². The SMILES string of the molecule is CCCCC[C@@H]1O[C@H]([C@@H](O)CCCCC)C[C@@H]1OC(C)=O. The standard InChI is InChI=1S/C17H32O4/c1-4-6-8-10-14(19)16-12-17(20-13(3)18)15(21-16)11-9-7-5-2/h14-17,19H,4-12H2,1-3H3/t14-,15-,16-,17-/m0/s1. The Hall–Kier alpha value is -0.610. The Morgan fingerprint density at radius 1 is 1.24 bits per heavy atom. The molecular weight excluding hydrogens is 268 g/mol. The molecule has 21 heavy (non-hydrogen) atoms. The fourth-order valence-electron chi connectivity index (χ4n) is 2.97. The Morgan fingerprint density at radius 2 is 1.90 bits per heavy atom. The normalized spacial score (nSPS) is 26.8. The highest BCUT2D eigenvalue weighted by Gasteiger charge is 2.39. The van der Waals surface area contributed by atoms with Gasteiger partial charge in [-0.3, -0.25) is 4.79 Å². The number of esters is 1. The molecule has 4 nitrogen and oxygen atoms in total. The number of hydrogen-bond acceptors (Lipinski definition) is 4. The van der Waals surface area contributed by atoms with Crippen molar-refractivity contribution in [3.8, 4) is 0 Å². The lowest BCUT2D eigenvalue weighted by Crippen LogP contribution is -2.26. The number of carbonyl (C=O) groups excluding carboxylic acids is 1. The fraction of sp³-hybridized carbons (Fsp3) is 0.941. The summed E-state index contributed by atoms with van der Waals surface area (Å²) < 4.78 is 11.4. The zero-order chi connectivity index (χ0) is 15.7. The summed E-state index contributed by atoms with van der Waals surface area (Å²) in [6.07, 6.45) is 8.16. The third kappa shape index (κ3) is 6.79. The van der Waals surface area contributed by atoms with Gasteiger partial charge in [-0.25, -0.2) is 0 Å². The molecule has 0 amide bonds. The second-order valence-corrected chi connectivity index (χ2v) is 6.16. The van der Waals surface area contributed by atoms with Crippen LogP contribution in [0.5, 0.6) is 0 Å². The maximum Gasteiger partial charge on any atom is 0.302 e. The molecule has 0 aromatic carbocycles. The minimum absolute atomic E-state index is 0.0497. The molecule has 0 radical (unpaired) electrons. The molecular formula is C17H32O4. The summed E-state index contributed by atoms with van der Waals surface area (Å²) in [5.74, 6) is -0.259. The van der Waals surface area contributed by atoms with Gasteiger partial charge in [0.2, 0.25) is 0 Å². The summed E-state index contributed by atoms with van der Waals surface area (Å²) in [4.78, 5) is 11.2. The van der Waals surface area contributed by atoms with E-state index in [-0.39, 0.29) is 24.3 Å². The van der Waals surface area contributed by atoms with E-state index in [2.05, 4.69) is 13.8 Å². The lowest BCUT2D eigenvalue weighted by Gasteiger charge is -2.19. The van der Waals surface area contributed by atoms with Gasteiger partial charge < -0.3 is 14.6 Å². The topological polar surface area (TPSA) is 55.8 Å². The maximum atomic E-state index is 11.2. The van der Waals surface area contributed by atoms with Crippen LogP contribution in [0.1, 0.15) is 78.6 Å². The van der Waals surface area contributed by atoms with E-state index in [0.717, 1.165) is 51.4 Å². The van der Waals surface area contributed by atoms with E-state index in [9.17, 15) is 9.90 Å². The predicted octanol–water partition coefficient (Wildman–Crippen LogP) is 3.60. The van der Waals surface area contributed by atoms with Gasteiger partial charge in [-0.15, -0.1) is 0 Å². The number of aliphatic hydroxyl groups is 1. The smallest absolute Gasteiger partial charge is 0.302 e. The molecule has 4 atom stereocenters. The van der Waals surface area contributed by atoms with Crippen molar-refractivity contribution in [2.75, 3.05) is 0 Å². The zero-order valence-electron chi connectivity index (χ0n) is 13.8. The molecule has 4 heteroatoms. The molecule has 1 N–H and O–H groups in total. The van der Waals surface area contributed by atoms with Crippen LogP contribution in [0.4, 0.5) is 0 Å². The molecule has 1 aliphatic heterocycles. The number of ether oxygens (including phenoxy) is 2. The van der Waals surface area contributed by atoms with Crippen molar-refractivity contribution in [3.63, 3.8) is 0 Å². The number of aliphatic hydroxyl groups excluding tert-OH is 1. The summed E-state index contributed by atoms with van der Waals surface area (Å²) in [5.41, 5.74) is 0. The predicted molar refractivity (Wildman–Crippen MR) is 83.1 cm³/mol. The molecule has 124 valence electrons. The second-order valence-electron chi connectivity index (χ2n) is 6.16. The number of unbranched alkanes of at least 4 members (excludes halogenated alkanes) is 4. The van der Waals surface area contributed by atoms with Gasteiger partial charge in [0.25, 0.3) is 0 Å². The van der Waals surface area contributed by atoms with Crippen LogP contribution in [-0.2, 0) is 14.3 Å². The van der Waals surface area contributed by atoms with Gasteiger partial charge in [0.05, 0.1) is 18.3 Å². The van der Waals surface area contributed by atoms with Crippen molar-refractivity contribution in [3.05, 3.63) is 0 Å². The van der Waals surface area contributed by atoms with Crippen molar-refractivity contribution >= 4 is 5.97 Å². The van der Waals surface area contributed by atoms with Gasteiger partial charge in [-0.1, -0.05) is 52.4 Å². The van der Waals surface area contributed by atoms with Crippen LogP contribution in [-0.4, -0.2) is 35.5 Å². The molecule has 0 saturated carbocycles. The molecule has 0 aromatic rings. The van der Waals surface area contributed by atoms with Crippen molar-refractivity contribution in [2.45, 2.75) is 103 Å².